The zero-order valence-corrected chi connectivity index (χ0v) is 13.0. The zero-order chi connectivity index (χ0) is 13.3. The Hall–Kier alpha value is -0.0200. The first-order chi connectivity index (χ1) is 9.22. The summed E-state index contributed by atoms with van der Waals surface area (Å²) in [5.74, 6) is 0.521. The molecule has 19 heavy (non-hydrogen) atoms. The molecule has 0 radical (unpaired) electrons. The van der Waals surface area contributed by atoms with Crippen LogP contribution in [0.1, 0.15) is 64.2 Å². The first kappa shape index (κ1) is 13.9. The van der Waals surface area contributed by atoms with Crippen molar-refractivity contribution in [2.75, 3.05) is 12.8 Å². The lowest BCUT2D eigenvalue weighted by Gasteiger charge is -2.50. The topological polar surface area (TPSA) is 20.3 Å². The predicted octanol–water partition coefficient (Wildman–Crippen LogP) is 3.64. The third kappa shape index (κ3) is 2.87. The lowest BCUT2D eigenvalue weighted by Crippen LogP contribution is -2.57. The van der Waals surface area contributed by atoms with Crippen LogP contribution < -0.4 is 0 Å². The van der Waals surface area contributed by atoms with Gasteiger partial charge < -0.3 is 0 Å². The Morgan fingerprint density at radius 3 is 2.32 bits per heavy atom. The highest BCUT2D eigenvalue weighted by atomic mass is 32.2. The molecule has 3 heteroatoms. The van der Waals surface area contributed by atoms with E-state index in [4.69, 9.17) is 0 Å². The van der Waals surface area contributed by atoms with Gasteiger partial charge in [-0.3, -0.25) is 9.69 Å². The van der Waals surface area contributed by atoms with Gasteiger partial charge in [0.25, 0.3) is 0 Å². The molecule has 1 saturated carbocycles. The highest BCUT2D eigenvalue weighted by molar-refractivity contribution is 8.00. The maximum atomic E-state index is 11.8. The van der Waals surface area contributed by atoms with Crippen LogP contribution in [0.4, 0.5) is 0 Å². The van der Waals surface area contributed by atoms with Gasteiger partial charge in [-0.2, -0.15) is 11.8 Å². The van der Waals surface area contributed by atoms with E-state index in [9.17, 15) is 4.79 Å². The van der Waals surface area contributed by atoms with E-state index in [1.54, 1.807) is 0 Å². The molecule has 0 aromatic heterocycles. The molecule has 0 spiro atoms. The summed E-state index contributed by atoms with van der Waals surface area (Å²) in [5.41, 5.74) is 0. The number of hydrogen-bond donors (Lipinski definition) is 0. The van der Waals surface area contributed by atoms with Gasteiger partial charge in [0.1, 0.15) is 5.78 Å². The molecular formula is C16H27NOS. The van der Waals surface area contributed by atoms with E-state index in [1.165, 1.54) is 57.9 Å². The zero-order valence-electron chi connectivity index (χ0n) is 12.2. The number of carbonyl (C=O) groups is 1. The molecule has 3 fully saturated rings. The van der Waals surface area contributed by atoms with Gasteiger partial charge in [0.2, 0.25) is 0 Å². The average Bonchev–Trinajstić information content (AvgIpc) is 2.41. The van der Waals surface area contributed by atoms with Crippen LogP contribution >= 0.6 is 11.8 Å². The quantitative estimate of drug-likeness (QED) is 0.788. The largest absolute Gasteiger partial charge is 0.300 e. The van der Waals surface area contributed by atoms with Crippen molar-refractivity contribution in [1.29, 1.82) is 0 Å². The van der Waals surface area contributed by atoms with Crippen molar-refractivity contribution in [2.45, 2.75) is 81.0 Å². The van der Waals surface area contributed by atoms with E-state index in [-0.39, 0.29) is 0 Å². The normalized spacial score (nSPS) is 35.3. The van der Waals surface area contributed by atoms with Crippen LogP contribution in [0.2, 0.25) is 0 Å². The average molecular weight is 281 g/mol. The van der Waals surface area contributed by atoms with Crippen LogP contribution in [-0.4, -0.2) is 40.3 Å². The summed E-state index contributed by atoms with van der Waals surface area (Å²) in [7, 11) is 0. The molecule has 2 aliphatic heterocycles. The van der Waals surface area contributed by atoms with Gasteiger partial charge in [-0.25, -0.2) is 0 Å². The first-order valence-corrected chi connectivity index (χ1v) is 9.27. The number of Topliss-reactive ketones (excluding diaryl/α,β-unsaturated/α-hetero) is 1. The van der Waals surface area contributed by atoms with Crippen LogP contribution in [0, 0.1) is 0 Å². The summed E-state index contributed by atoms with van der Waals surface area (Å²) in [6, 6.07) is 1.15. The number of ketones is 1. The van der Waals surface area contributed by atoms with Gasteiger partial charge in [-0.05, 0) is 31.9 Å². The minimum absolute atomic E-state index is 0.493. The van der Waals surface area contributed by atoms with Crippen molar-refractivity contribution in [1.82, 2.24) is 4.90 Å². The second-order valence-electron chi connectivity index (χ2n) is 6.81. The van der Waals surface area contributed by atoms with Crippen molar-refractivity contribution in [3.8, 4) is 0 Å². The molecular weight excluding hydrogens is 254 g/mol. The number of hydrogen-bond acceptors (Lipinski definition) is 3. The molecule has 0 aromatic carbocycles. The van der Waals surface area contributed by atoms with Gasteiger partial charge in [-0.1, -0.05) is 25.7 Å². The molecule has 2 nitrogen and oxygen atoms in total. The number of fused-ring (bicyclic) bond motifs is 2. The van der Waals surface area contributed by atoms with Crippen LogP contribution in [0.5, 0.6) is 0 Å². The molecule has 0 aromatic rings. The van der Waals surface area contributed by atoms with Gasteiger partial charge in [0.05, 0.1) is 0 Å². The Morgan fingerprint density at radius 1 is 1.11 bits per heavy atom. The van der Waals surface area contributed by atoms with E-state index in [0.717, 1.165) is 12.8 Å². The minimum Gasteiger partial charge on any atom is -0.300 e. The second kappa shape index (κ2) is 5.77. The van der Waals surface area contributed by atoms with Crippen LogP contribution in [0.15, 0.2) is 0 Å². The lowest BCUT2D eigenvalue weighted by molar-refractivity contribution is -0.127. The monoisotopic (exact) mass is 281 g/mol. The van der Waals surface area contributed by atoms with Gasteiger partial charge in [0, 0.05) is 36.2 Å². The molecule has 0 amide bonds. The highest BCUT2D eigenvalue weighted by Gasteiger charge is 2.42. The number of nitrogens with zero attached hydrogens (tertiary/aromatic N) is 1. The Balaban J connectivity index is 1.72. The van der Waals surface area contributed by atoms with Crippen molar-refractivity contribution >= 4 is 17.5 Å². The maximum Gasteiger partial charge on any atom is 0.136 e. The summed E-state index contributed by atoms with van der Waals surface area (Å²) >= 11 is 2.10. The number of rotatable bonds is 3. The molecule has 0 N–H and O–H groups in total. The number of piperidine rings is 2. The van der Waals surface area contributed by atoms with Gasteiger partial charge >= 0.3 is 0 Å². The standard InChI is InChI=1S/C16H27NOS/c1-19-16(8-3-2-4-9-16)12-17-13-6-5-7-14(17)11-15(18)10-13/h13-14H,2-12H2,1H3. The predicted molar refractivity (Wildman–Crippen MR) is 81.7 cm³/mol. The SMILES string of the molecule is CSC1(CN2C3CCCC2CC(=O)C3)CCCCC1. The minimum atomic E-state index is 0.493. The molecule has 2 atom stereocenters. The third-order valence-corrected chi connectivity index (χ3v) is 7.01. The van der Waals surface area contributed by atoms with Crippen molar-refractivity contribution < 1.29 is 4.79 Å². The molecule has 2 saturated heterocycles. The van der Waals surface area contributed by atoms with Crippen LogP contribution in [0.3, 0.4) is 0 Å². The van der Waals surface area contributed by atoms with E-state index >= 15 is 0 Å². The number of carbonyl (C=O) groups excluding carboxylic acids is 1. The molecule has 2 unspecified atom stereocenters. The second-order valence-corrected chi connectivity index (χ2v) is 8.08. The Bertz CT molecular complexity index is 322. The van der Waals surface area contributed by atoms with Crippen molar-refractivity contribution in [3.63, 3.8) is 0 Å². The fourth-order valence-corrected chi connectivity index (χ4v) is 5.46. The van der Waals surface area contributed by atoms with Gasteiger partial charge in [0.15, 0.2) is 0 Å². The van der Waals surface area contributed by atoms with E-state index in [1.807, 2.05) is 0 Å². The molecule has 1 aliphatic carbocycles. The summed E-state index contributed by atoms with van der Waals surface area (Å²) in [6.07, 6.45) is 14.8. The number of thioether (sulfide) groups is 1. The molecule has 3 aliphatic rings. The highest BCUT2D eigenvalue weighted by Crippen LogP contribution is 2.42. The first-order valence-electron chi connectivity index (χ1n) is 8.05. The van der Waals surface area contributed by atoms with Gasteiger partial charge in [-0.15, -0.1) is 0 Å². The Kier molecular flexibility index (Phi) is 4.23. The summed E-state index contributed by atoms with van der Waals surface area (Å²) in [6.45, 7) is 1.25. The van der Waals surface area contributed by atoms with Crippen LogP contribution in [-0.2, 0) is 4.79 Å². The Morgan fingerprint density at radius 2 is 1.74 bits per heavy atom. The third-order valence-electron chi connectivity index (χ3n) is 5.61. The Labute approximate surface area is 121 Å². The molecule has 3 rings (SSSR count). The lowest BCUT2D eigenvalue weighted by atomic mass is 9.81. The maximum absolute atomic E-state index is 11.8. The summed E-state index contributed by atoms with van der Waals surface area (Å²) in [4.78, 5) is 14.6. The van der Waals surface area contributed by atoms with E-state index in [0.29, 0.717) is 22.6 Å². The van der Waals surface area contributed by atoms with Crippen LogP contribution in [0.25, 0.3) is 0 Å². The smallest absolute Gasteiger partial charge is 0.136 e. The van der Waals surface area contributed by atoms with Crippen molar-refractivity contribution in [2.24, 2.45) is 0 Å². The molecule has 2 bridgehead atoms. The van der Waals surface area contributed by atoms with Crippen molar-refractivity contribution in [3.05, 3.63) is 0 Å². The van der Waals surface area contributed by atoms with E-state index in [2.05, 4.69) is 22.9 Å². The summed E-state index contributed by atoms with van der Waals surface area (Å²) < 4.78 is 0.493. The molecule has 108 valence electrons. The molecule has 2 heterocycles. The fraction of sp³-hybridized carbons (Fsp3) is 0.938. The van der Waals surface area contributed by atoms with E-state index < -0.39 is 0 Å². The summed E-state index contributed by atoms with van der Waals surface area (Å²) in [5, 5.41) is 0. The fourth-order valence-electron chi connectivity index (χ4n) is 4.48.